The van der Waals surface area contributed by atoms with Gasteiger partial charge in [0.15, 0.2) is 0 Å². The van der Waals surface area contributed by atoms with Crippen molar-refractivity contribution >= 4 is 22.6 Å². The summed E-state index contributed by atoms with van der Waals surface area (Å²) in [5, 5.41) is 0. The van der Waals surface area contributed by atoms with Crippen molar-refractivity contribution in [3.05, 3.63) is 0 Å². The van der Waals surface area contributed by atoms with Crippen LogP contribution in [0, 0.1) is 5.92 Å². The lowest BCUT2D eigenvalue weighted by atomic mass is 9.93. The van der Waals surface area contributed by atoms with Crippen LogP contribution in [0.5, 0.6) is 0 Å². The molecule has 86 valence electrons. The lowest BCUT2D eigenvalue weighted by Crippen LogP contribution is -1.99. The molecule has 1 atom stereocenters. The smallest absolute Gasteiger partial charge is 0.000473 e. The molecule has 1 heteroatoms. The minimum atomic E-state index is 1.02. The van der Waals surface area contributed by atoms with Crippen LogP contribution in [0.25, 0.3) is 0 Å². The summed E-state index contributed by atoms with van der Waals surface area (Å²) >= 11 is 2.49. The average molecular weight is 310 g/mol. The van der Waals surface area contributed by atoms with Gasteiger partial charge in [0.25, 0.3) is 0 Å². The van der Waals surface area contributed by atoms with E-state index >= 15 is 0 Å². The van der Waals surface area contributed by atoms with Gasteiger partial charge in [-0.15, -0.1) is 0 Å². The number of rotatable bonds is 10. The monoisotopic (exact) mass is 310 g/mol. The van der Waals surface area contributed by atoms with Crippen LogP contribution in [-0.2, 0) is 0 Å². The van der Waals surface area contributed by atoms with Gasteiger partial charge in [0, 0.05) is 0 Å². The van der Waals surface area contributed by atoms with Gasteiger partial charge in [-0.3, -0.25) is 0 Å². The van der Waals surface area contributed by atoms with Crippen molar-refractivity contribution in [3.8, 4) is 0 Å². The number of unbranched alkanes of at least 4 members (excludes halogenated alkanes) is 4. The quantitative estimate of drug-likeness (QED) is 0.280. The molecular formula is C13H27I. The summed E-state index contributed by atoms with van der Waals surface area (Å²) in [6.07, 6.45) is 13.0. The molecular weight excluding hydrogens is 283 g/mol. The van der Waals surface area contributed by atoms with E-state index in [1.807, 2.05) is 0 Å². The molecule has 0 amide bonds. The van der Waals surface area contributed by atoms with Crippen LogP contribution in [0.1, 0.15) is 71.6 Å². The van der Waals surface area contributed by atoms with E-state index in [0.29, 0.717) is 0 Å². The molecule has 0 aliphatic heterocycles. The molecule has 0 fully saturated rings. The van der Waals surface area contributed by atoms with Gasteiger partial charge in [0.2, 0.25) is 0 Å². The number of hydrogen-bond donors (Lipinski definition) is 0. The summed E-state index contributed by atoms with van der Waals surface area (Å²) in [7, 11) is 0. The Morgan fingerprint density at radius 3 is 2.00 bits per heavy atom. The van der Waals surface area contributed by atoms with Gasteiger partial charge in [0.1, 0.15) is 0 Å². The molecule has 0 rings (SSSR count). The van der Waals surface area contributed by atoms with Crippen LogP contribution in [0.3, 0.4) is 0 Å². The maximum absolute atomic E-state index is 2.49. The predicted molar refractivity (Wildman–Crippen MR) is 75.3 cm³/mol. The van der Waals surface area contributed by atoms with Crippen molar-refractivity contribution < 1.29 is 0 Å². The highest BCUT2D eigenvalue weighted by molar-refractivity contribution is 14.1. The molecule has 0 bridgehead atoms. The van der Waals surface area contributed by atoms with E-state index in [1.165, 1.54) is 62.2 Å². The zero-order chi connectivity index (χ0) is 10.6. The molecule has 1 unspecified atom stereocenters. The second kappa shape index (κ2) is 11.8. The highest BCUT2D eigenvalue weighted by atomic mass is 127. The SMILES string of the molecule is CCCCCCC(CC)CCCCI. The van der Waals surface area contributed by atoms with Crippen LogP contribution in [-0.4, -0.2) is 4.43 Å². The summed E-state index contributed by atoms with van der Waals surface area (Å²) in [5.41, 5.74) is 0. The summed E-state index contributed by atoms with van der Waals surface area (Å²) in [4.78, 5) is 0. The molecule has 0 aromatic heterocycles. The molecule has 0 N–H and O–H groups in total. The molecule has 0 saturated heterocycles. The van der Waals surface area contributed by atoms with Crippen molar-refractivity contribution in [3.63, 3.8) is 0 Å². The van der Waals surface area contributed by atoms with Crippen molar-refractivity contribution in [2.24, 2.45) is 5.92 Å². The predicted octanol–water partition coefficient (Wildman–Crippen LogP) is 5.59. The molecule has 0 aromatic rings. The first kappa shape index (κ1) is 14.7. The van der Waals surface area contributed by atoms with E-state index < -0.39 is 0 Å². The van der Waals surface area contributed by atoms with Crippen LogP contribution >= 0.6 is 22.6 Å². The summed E-state index contributed by atoms with van der Waals surface area (Å²) in [6, 6.07) is 0. The van der Waals surface area contributed by atoms with Crippen molar-refractivity contribution in [1.29, 1.82) is 0 Å². The van der Waals surface area contributed by atoms with E-state index in [-0.39, 0.29) is 0 Å². The van der Waals surface area contributed by atoms with E-state index in [0.717, 1.165) is 5.92 Å². The topological polar surface area (TPSA) is 0 Å². The van der Waals surface area contributed by atoms with Crippen LogP contribution < -0.4 is 0 Å². The Labute approximate surface area is 104 Å². The maximum atomic E-state index is 2.49. The summed E-state index contributed by atoms with van der Waals surface area (Å²) in [5.74, 6) is 1.02. The fraction of sp³-hybridized carbons (Fsp3) is 1.00. The molecule has 0 heterocycles. The largest absolute Gasteiger partial charge is 0.0864 e. The summed E-state index contributed by atoms with van der Waals surface area (Å²) < 4.78 is 1.34. The van der Waals surface area contributed by atoms with Crippen molar-refractivity contribution in [2.45, 2.75) is 71.6 Å². The fourth-order valence-electron chi connectivity index (χ4n) is 1.94. The summed E-state index contributed by atoms with van der Waals surface area (Å²) in [6.45, 7) is 4.65. The second-order valence-corrected chi connectivity index (χ2v) is 5.39. The van der Waals surface area contributed by atoms with E-state index in [9.17, 15) is 0 Å². The number of alkyl halides is 1. The first-order valence-electron chi connectivity index (χ1n) is 6.41. The molecule has 0 nitrogen and oxygen atoms in total. The highest BCUT2D eigenvalue weighted by Crippen LogP contribution is 2.20. The van der Waals surface area contributed by atoms with Gasteiger partial charge in [-0.2, -0.15) is 0 Å². The third-order valence-corrected chi connectivity index (χ3v) is 3.80. The van der Waals surface area contributed by atoms with E-state index in [1.54, 1.807) is 0 Å². The highest BCUT2D eigenvalue weighted by Gasteiger charge is 2.05. The third-order valence-electron chi connectivity index (χ3n) is 3.04. The molecule has 0 aliphatic rings. The average Bonchev–Trinajstić information content (AvgIpc) is 2.22. The first-order valence-corrected chi connectivity index (χ1v) is 7.93. The fourth-order valence-corrected chi connectivity index (χ4v) is 2.48. The molecule has 0 saturated carbocycles. The standard InChI is InChI=1S/C13H27I/c1-3-5-6-7-10-13(4-2)11-8-9-12-14/h13H,3-12H2,1-2H3. The van der Waals surface area contributed by atoms with Gasteiger partial charge < -0.3 is 0 Å². The Morgan fingerprint density at radius 1 is 0.857 bits per heavy atom. The van der Waals surface area contributed by atoms with Crippen molar-refractivity contribution in [1.82, 2.24) is 0 Å². The van der Waals surface area contributed by atoms with E-state index in [2.05, 4.69) is 36.4 Å². The van der Waals surface area contributed by atoms with Crippen LogP contribution in [0.15, 0.2) is 0 Å². The Morgan fingerprint density at radius 2 is 1.50 bits per heavy atom. The second-order valence-electron chi connectivity index (χ2n) is 4.31. The minimum Gasteiger partial charge on any atom is -0.0864 e. The minimum absolute atomic E-state index is 1.02. The molecule has 0 spiro atoms. The van der Waals surface area contributed by atoms with Gasteiger partial charge in [-0.1, -0.05) is 87.8 Å². The number of halogens is 1. The van der Waals surface area contributed by atoms with Gasteiger partial charge >= 0.3 is 0 Å². The van der Waals surface area contributed by atoms with Gasteiger partial charge in [-0.05, 0) is 16.8 Å². The molecule has 14 heavy (non-hydrogen) atoms. The Kier molecular flexibility index (Phi) is 12.4. The maximum Gasteiger partial charge on any atom is -0.000473 e. The number of hydrogen-bond acceptors (Lipinski definition) is 0. The zero-order valence-electron chi connectivity index (χ0n) is 10.0. The Hall–Kier alpha value is 0.730. The lowest BCUT2D eigenvalue weighted by molar-refractivity contribution is 0.402. The van der Waals surface area contributed by atoms with Gasteiger partial charge in [0.05, 0.1) is 0 Å². The third kappa shape index (κ3) is 9.29. The Balaban J connectivity index is 3.28. The van der Waals surface area contributed by atoms with Crippen LogP contribution in [0.2, 0.25) is 0 Å². The van der Waals surface area contributed by atoms with Gasteiger partial charge in [-0.25, -0.2) is 0 Å². The van der Waals surface area contributed by atoms with E-state index in [4.69, 9.17) is 0 Å². The molecule has 0 aromatic carbocycles. The molecule has 0 aliphatic carbocycles. The van der Waals surface area contributed by atoms with Crippen molar-refractivity contribution in [2.75, 3.05) is 4.43 Å². The van der Waals surface area contributed by atoms with Crippen LogP contribution in [0.4, 0.5) is 0 Å². The molecule has 0 radical (unpaired) electrons. The first-order chi connectivity index (χ1) is 6.85. The normalized spacial score (nSPS) is 13.1. The Bertz CT molecular complexity index is 101. The zero-order valence-corrected chi connectivity index (χ0v) is 12.2. The lowest BCUT2D eigenvalue weighted by Gasteiger charge is -2.13.